The first-order valence-electron chi connectivity index (χ1n) is 6.39. The normalized spacial score (nSPS) is 16.9. The molecule has 1 aromatic carbocycles. The van der Waals surface area contributed by atoms with Crippen LogP contribution >= 0.6 is 0 Å². The third kappa shape index (κ3) is 4.35. The highest BCUT2D eigenvalue weighted by molar-refractivity contribution is 7.91. The quantitative estimate of drug-likeness (QED) is 0.892. The Morgan fingerprint density at radius 1 is 1.32 bits per heavy atom. The van der Waals surface area contributed by atoms with Gasteiger partial charge in [0.2, 0.25) is 5.91 Å². The zero-order valence-electron chi connectivity index (χ0n) is 11.2. The summed E-state index contributed by atoms with van der Waals surface area (Å²) in [6, 6.07) is 7.95. The predicted molar refractivity (Wildman–Crippen MR) is 74.5 cm³/mol. The summed E-state index contributed by atoms with van der Waals surface area (Å²) >= 11 is 0. The molecular weight excluding hydrogens is 262 g/mol. The Labute approximate surface area is 114 Å². The molecule has 1 aromatic rings. The minimum absolute atomic E-state index is 0.0603. The van der Waals surface area contributed by atoms with Gasteiger partial charge in [0.15, 0.2) is 9.84 Å². The first-order chi connectivity index (χ1) is 8.85. The van der Waals surface area contributed by atoms with Gasteiger partial charge in [-0.1, -0.05) is 29.8 Å². The fourth-order valence-electron chi connectivity index (χ4n) is 2.13. The van der Waals surface area contributed by atoms with Crippen molar-refractivity contribution in [2.24, 2.45) is 5.92 Å². The van der Waals surface area contributed by atoms with Gasteiger partial charge >= 0.3 is 0 Å². The lowest BCUT2D eigenvalue weighted by Crippen LogP contribution is -2.34. The van der Waals surface area contributed by atoms with Crippen LogP contribution in [0.5, 0.6) is 0 Å². The average Bonchev–Trinajstić information content (AvgIpc) is 3.08. The highest BCUT2D eigenvalue weighted by Crippen LogP contribution is 2.41. The predicted octanol–water partition coefficient (Wildman–Crippen LogP) is 1.61. The van der Waals surface area contributed by atoms with Crippen molar-refractivity contribution < 1.29 is 13.2 Å². The van der Waals surface area contributed by atoms with Crippen LogP contribution in [0.25, 0.3) is 0 Å². The van der Waals surface area contributed by atoms with Crippen LogP contribution in [0.4, 0.5) is 0 Å². The summed E-state index contributed by atoms with van der Waals surface area (Å²) in [5, 5.41) is 2.85. The van der Waals surface area contributed by atoms with Gasteiger partial charge in [-0.25, -0.2) is 8.42 Å². The maximum atomic E-state index is 11.8. The molecule has 19 heavy (non-hydrogen) atoms. The Morgan fingerprint density at radius 3 is 2.37 bits per heavy atom. The molecule has 1 atom stereocenters. The maximum Gasteiger partial charge on any atom is 0.235 e. The van der Waals surface area contributed by atoms with Gasteiger partial charge in [0.25, 0.3) is 0 Å². The van der Waals surface area contributed by atoms with E-state index >= 15 is 0 Å². The van der Waals surface area contributed by atoms with Gasteiger partial charge < -0.3 is 5.32 Å². The molecule has 0 spiro atoms. The largest absolute Gasteiger partial charge is 0.348 e. The van der Waals surface area contributed by atoms with Crippen LogP contribution in [-0.4, -0.2) is 26.3 Å². The lowest BCUT2D eigenvalue weighted by Gasteiger charge is -2.18. The van der Waals surface area contributed by atoms with E-state index in [4.69, 9.17) is 0 Å². The number of hydrogen-bond donors (Lipinski definition) is 1. The number of amides is 1. The lowest BCUT2D eigenvalue weighted by atomic mass is 10.0. The average molecular weight is 281 g/mol. The Kier molecular flexibility index (Phi) is 3.94. The van der Waals surface area contributed by atoms with E-state index in [0.717, 1.165) is 24.7 Å². The first kappa shape index (κ1) is 14.1. The van der Waals surface area contributed by atoms with E-state index < -0.39 is 21.5 Å². The van der Waals surface area contributed by atoms with Gasteiger partial charge in [0.05, 0.1) is 6.04 Å². The second kappa shape index (κ2) is 5.33. The highest BCUT2D eigenvalue weighted by atomic mass is 32.2. The molecule has 0 bridgehead atoms. The molecule has 0 saturated heterocycles. The van der Waals surface area contributed by atoms with Crippen LogP contribution in [-0.2, 0) is 14.6 Å². The van der Waals surface area contributed by atoms with Gasteiger partial charge in [-0.15, -0.1) is 0 Å². The van der Waals surface area contributed by atoms with Crippen molar-refractivity contribution in [1.82, 2.24) is 5.32 Å². The summed E-state index contributed by atoms with van der Waals surface area (Å²) in [7, 11) is -3.28. The number of nitrogens with one attached hydrogen (secondary N) is 1. The Morgan fingerprint density at radius 2 is 1.89 bits per heavy atom. The SMILES string of the molecule is Cc1ccc(C(NC(=O)CS(C)(=O)=O)C2CC2)cc1. The molecule has 5 heteroatoms. The lowest BCUT2D eigenvalue weighted by molar-refractivity contribution is -0.119. The smallest absolute Gasteiger partial charge is 0.235 e. The van der Waals surface area contributed by atoms with Crippen LogP contribution < -0.4 is 5.32 Å². The summed E-state index contributed by atoms with van der Waals surface area (Å²) in [5.74, 6) is -0.423. The maximum absolute atomic E-state index is 11.8. The van der Waals surface area contributed by atoms with Crippen molar-refractivity contribution >= 4 is 15.7 Å². The molecule has 4 nitrogen and oxygen atoms in total. The van der Waals surface area contributed by atoms with E-state index in [1.165, 1.54) is 5.56 Å². The van der Waals surface area contributed by atoms with Crippen molar-refractivity contribution in [3.63, 3.8) is 0 Å². The molecule has 0 radical (unpaired) electrons. The van der Waals surface area contributed by atoms with E-state index in [0.29, 0.717) is 5.92 Å². The molecule has 1 fully saturated rings. The number of rotatable bonds is 5. The van der Waals surface area contributed by atoms with Crippen LogP contribution in [0, 0.1) is 12.8 Å². The molecule has 2 rings (SSSR count). The Bertz CT molecular complexity index is 559. The Hall–Kier alpha value is -1.36. The topological polar surface area (TPSA) is 63.2 Å². The van der Waals surface area contributed by atoms with Gasteiger partial charge in [0.1, 0.15) is 5.75 Å². The molecule has 1 aliphatic carbocycles. The molecule has 0 aromatic heterocycles. The summed E-state index contributed by atoms with van der Waals surface area (Å²) in [6.45, 7) is 2.01. The first-order valence-corrected chi connectivity index (χ1v) is 8.45. The second-order valence-corrected chi connectivity index (χ2v) is 7.50. The fourth-order valence-corrected chi connectivity index (χ4v) is 2.69. The molecule has 104 valence electrons. The van der Waals surface area contributed by atoms with Crippen molar-refractivity contribution in [2.45, 2.75) is 25.8 Å². The molecule has 1 aliphatic rings. The van der Waals surface area contributed by atoms with Gasteiger partial charge in [-0.05, 0) is 31.2 Å². The summed E-state index contributed by atoms with van der Waals surface area (Å²) < 4.78 is 22.3. The van der Waals surface area contributed by atoms with Crippen molar-refractivity contribution in [1.29, 1.82) is 0 Å². The second-order valence-electron chi connectivity index (χ2n) is 5.36. The fraction of sp³-hybridized carbons (Fsp3) is 0.500. The Balaban J connectivity index is 2.09. The third-order valence-electron chi connectivity index (χ3n) is 3.24. The van der Waals surface area contributed by atoms with Crippen molar-refractivity contribution in [2.75, 3.05) is 12.0 Å². The minimum atomic E-state index is -3.28. The van der Waals surface area contributed by atoms with Crippen LogP contribution in [0.1, 0.15) is 30.0 Å². The number of carbonyl (C=O) groups excluding carboxylic acids is 1. The number of hydrogen-bond acceptors (Lipinski definition) is 3. The summed E-state index contributed by atoms with van der Waals surface area (Å²) in [6.07, 6.45) is 3.24. The van der Waals surface area contributed by atoms with Crippen molar-refractivity contribution in [3.05, 3.63) is 35.4 Å². The standard InChI is InChI=1S/C14H19NO3S/c1-10-3-5-11(6-4-10)14(12-7-8-12)15-13(16)9-19(2,17)18/h3-6,12,14H,7-9H2,1-2H3,(H,15,16). The number of sulfone groups is 1. The van der Waals surface area contributed by atoms with E-state index in [1.807, 2.05) is 31.2 Å². The summed E-state index contributed by atoms with van der Waals surface area (Å²) in [5.41, 5.74) is 2.22. The molecule has 1 N–H and O–H groups in total. The number of carbonyl (C=O) groups is 1. The van der Waals surface area contributed by atoms with E-state index in [-0.39, 0.29) is 6.04 Å². The van der Waals surface area contributed by atoms with E-state index in [1.54, 1.807) is 0 Å². The third-order valence-corrected chi connectivity index (χ3v) is 4.03. The van der Waals surface area contributed by atoms with Crippen molar-refractivity contribution in [3.8, 4) is 0 Å². The van der Waals surface area contributed by atoms with E-state index in [9.17, 15) is 13.2 Å². The number of aryl methyl sites for hydroxylation is 1. The van der Waals surface area contributed by atoms with E-state index in [2.05, 4.69) is 5.32 Å². The van der Waals surface area contributed by atoms with Crippen LogP contribution in [0.15, 0.2) is 24.3 Å². The van der Waals surface area contributed by atoms with Gasteiger partial charge in [-0.3, -0.25) is 4.79 Å². The molecule has 0 heterocycles. The molecular formula is C14H19NO3S. The summed E-state index contributed by atoms with van der Waals surface area (Å²) in [4.78, 5) is 11.8. The zero-order valence-corrected chi connectivity index (χ0v) is 12.0. The van der Waals surface area contributed by atoms with Gasteiger partial charge in [0, 0.05) is 6.26 Å². The zero-order chi connectivity index (χ0) is 14.0. The highest BCUT2D eigenvalue weighted by Gasteiger charge is 2.33. The monoisotopic (exact) mass is 281 g/mol. The molecule has 0 aliphatic heterocycles. The van der Waals surface area contributed by atoms with Crippen LogP contribution in [0.2, 0.25) is 0 Å². The molecule has 1 unspecified atom stereocenters. The van der Waals surface area contributed by atoms with Gasteiger partial charge in [-0.2, -0.15) is 0 Å². The number of benzene rings is 1. The van der Waals surface area contributed by atoms with Crippen LogP contribution in [0.3, 0.4) is 0 Å². The molecule has 1 saturated carbocycles. The molecule has 1 amide bonds. The minimum Gasteiger partial charge on any atom is -0.348 e.